The minimum Gasteiger partial charge on any atom is -0.713 e. The molecule has 0 aliphatic heterocycles. The Balaban J connectivity index is 2.51. The van der Waals surface area contributed by atoms with Crippen LogP contribution in [-0.2, 0) is 12.2 Å². The van der Waals surface area contributed by atoms with Crippen molar-refractivity contribution in [3.8, 4) is 0 Å². The van der Waals surface area contributed by atoms with Crippen LogP contribution in [-0.4, -0.2) is 52.1 Å². The van der Waals surface area contributed by atoms with Gasteiger partial charge in [0.15, 0.2) is 0 Å². The number of nitrogens with zero attached hydrogens (tertiary/aromatic N) is 4. The van der Waals surface area contributed by atoms with Crippen molar-refractivity contribution >= 4 is 48.0 Å². The second-order valence-electron chi connectivity index (χ2n) is 10.8. The molecule has 0 aliphatic rings. The van der Waals surface area contributed by atoms with Crippen molar-refractivity contribution in [2.45, 2.75) is 79.6 Å². The van der Waals surface area contributed by atoms with E-state index in [1.807, 2.05) is 0 Å². The molecule has 3 aromatic carbocycles. The molecule has 3 aromatic rings. The molecular formula is C31H43N4PSSi. The Morgan fingerprint density at radius 2 is 0.895 bits per heavy atom. The number of rotatable bonds is 10. The van der Waals surface area contributed by atoms with Crippen molar-refractivity contribution in [2.24, 2.45) is 4.78 Å². The molecule has 0 heterocycles. The van der Waals surface area contributed by atoms with Crippen molar-refractivity contribution in [2.75, 3.05) is 0 Å². The first-order chi connectivity index (χ1) is 18.1. The van der Waals surface area contributed by atoms with Gasteiger partial charge in [0.1, 0.15) is 4.79 Å². The predicted octanol–water partition coefficient (Wildman–Crippen LogP) is 5.77. The maximum Gasteiger partial charge on any atom is 0.383 e. The second kappa shape index (κ2) is 13.3. The van der Waals surface area contributed by atoms with Gasteiger partial charge in [0, 0.05) is 35.3 Å². The standard InChI is InChI=1S/C31H43N4PSSi/c1-25(2)34(26(3)4)36(37,35(27(5)6)28(7)8)24-32-33-38(29-18-12-9-13-19-29,30-20-14-10-15-21-30)31-22-16-11-17-23-31/h9-23,25-28H,1-8H3. The van der Waals surface area contributed by atoms with Crippen molar-refractivity contribution < 1.29 is 4.79 Å². The summed E-state index contributed by atoms with van der Waals surface area (Å²) in [7, 11) is -2.87. The average Bonchev–Trinajstić information content (AvgIpc) is 2.87. The van der Waals surface area contributed by atoms with Crippen molar-refractivity contribution in [1.82, 2.24) is 9.34 Å². The molecule has 4 nitrogen and oxygen atoms in total. The molecule has 202 valence electrons. The molecule has 0 atom stereocenters. The molecule has 0 aliphatic carbocycles. The van der Waals surface area contributed by atoms with Crippen LogP contribution in [0.5, 0.6) is 0 Å². The Hall–Kier alpha value is -2.13. The lowest BCUT2D eigenvalue weighted by Crippen LogP contribution is -2.66. The highest BCUT2D eigenvalue weighted by Crippen LogP contribution is 2.55. The Kier molecular flexibility index (Phi) is 10.6. The molecule has 3 rings (SSSR count). The van der Waals surface area contributed by atoms with Gasteiger partial charge >= 0.3 is 13.8 Å². The van der Waals surface area contributed by atoms with Gasteiger partial charge in [-0.25, -0.2) is 0 Å². The van der Waals surface area contributed by atoms with Gasteiger partial charge in [-0.05, 0) is 71.0 Å². The van der Waals surface area contributed by atoms with Crippen LogP contribution >= 0.6 is 6.39 Å². The van der Waals surface area contributed by atoms with Gasteiger partial charge in [-0.3, -0.25) is 9.34 Å². The highest BCUT2D eigenvalue weighted by atomic mass is 32.7. The van der Waals surface area contributed by atoms with Crippen LogP contribution < -0.4 is 15.6 Å². The third-order valence-corrected chi connectivity index (χ3v) is 15.4. The normalized spacial score (nSPS) is 12.5. The molecule has 0 saturated heterocycles. The Morgan fingerprint density at radius 1 is 0.605 bits per heavy atom. The van der Waals surface area contributed by atoms with E-state index in [2.05, 4.69) is 161 Å². The van der Waals surface area contributed by atoms with Crippen molar-refractivity contribution in [1.29, 1.82) is 0 Å². The minimum atomic E-state index is -2.87. The average molecular weight is 563 g/mol. The first-order valence-electron chi connectivity index (χ1n) is 13.6. The van der Waals surface area contributed by atoms with Crippen LogP contribution in [0.15, 0.2) is 95.8 Å². The summed E-state index contributed by atoms with van der Waals surface area (Å²) in [6.07, 6.45) is -2.51. The molecule has 38 heavy (non-hydrogen) atoms. The van der Waals surface area contributed by atoms with Gasteiger partial charge in [0.05, 0.1) is 0 Å². The summed E-state index contributed by atoms with van der Waals surface area (Å²) in [6, 6.07) is 32.8. The maximum atomic E-state index is 6.60. The largest absolute Gasteiger partial charge is 0.713 e. The molecule has 0 radical (unpaired) electrons. The van der Waals surface area contributed by atoms with Gasteiger partial charge in [-0.1, -0.05) is 91.0 Å². The van der Waals surface area contributed by atoms with E-state index in [1.165, 1.54) is 15.6 Å². The lowest BCUT2D eigenvalue weighted by Gasteiger charge is -2.53. The molecular weight excluding hydrogens is 519 g/mol. The lowest BCUT2D eigenvalue weighted by atomic mass is 10.3. The predicted molar refractivity (Wildman–Crippen MR) is 170 cm³/mol. The Labute approximate surface area is 236 Å². The van der Waals surface area contributed by atoms with Gasteiger partial charge in [0.25, 0.3) is 0 Å². The van der Waals surface area contributed by atoms with E-state index in [4.69, 9.17) is 21.8 Å². The van der Waals surface area contributed by atoms with E-state index in [0.717, 1.165) is 0 Å². The third-order valence-electron chi connectivity index (χ3n) is 6.69. The SMILES string of the molecule is CC(C)N(C(C)C)P([S-])(=C=[N+]=N[Si](c1ccccc1)(c1ccccc1)c1ccccc1)N(C(C)C)C(C)C. The molecule has 0 unspecified atom stereocenters. The van der Waals surface area contributed by atoms with Crippen LogP contribution in [0.3, 0.4) is 0 Å². The smallest absolute Gasteiger partial charge is 0.383 e. The molecule has 0 N–H and O–H groups in total. The third kappa shape index (κ3) is 6.36. The summed E-state index contributed by atoms with van der Waals surface area (Å²) in [6.45, 7) is 17.7. The summed E-state index contributed by atoms with van der Waals surface area (Å²) in [5.74, 6) is 0. The van der Waals surface area contributed by atoms with Crippen molar-refractivity contribution in [3.63, 3.8) is 0 Å². The summed E-state index contributed by atoms with van der Waals surface area (Å²) in [5, 5.41) is 3.56. The number of hydrogen-bond acceptors (Lipinski definition) is 4. The topological polar surface area (TPSA) is 32.9 Å². The van der Waals surface area contributed by atoms with E-state index >= 15 is 0 Å². The Bertz CT molecular complexity index is 1150. The van der Waals surface area contributed by atoms with Gasteiger partial charge in [-0.15, -0.1) is 0 Å². The van der Waals surface area contributed by atoms with Crippen LogP contribution in [0.4, 0.5) is 0 Å². The van der Waals surface area contributed by atoms with E-state index in [9.17, 15) is 0 Å². The molecule has 0 saturated carbocycles. The zero-order chi connectivity index (χ0) is 27.9. The monoisotopic (exact) mass is 562 g/mol. The summed E-state index contributed by atoms with van der Waals surface area (Å²) < 4.78 is 10.2. The van der Waals surface area contributed by atoms with Crippen LogP contribution in [0.25, 0.3) is 0 Å². The lowest BCUT2D eigenvalue weighted by molar-refractivity contribution is -0.0589. The van der Waals surface area contributed by atoms with Crippen LogP contribution in [0, 0.1) is 0 Å². The molecule has 7 heteroatoms. The highest BCUT2D eigenvalue weighted by molar-refractivity contribution is 8.38. The minimum absolute atomic E-state index is 0.253. The zero-order valence-corrected chi connectivity index (χ0v) is 26.8. The second-order valence-corrected chi connectivity index (χ2v) is 17.9. The Morgan fingerprint density at radius 3 is 1.16 bits per heavy atom. The van der Waals surface area contributed by atoms with E-state index in [-0.39, 0.29) is 24.2 Å². The van der Waals surface area contributed by atoms with E-state index in [1.54, 1.807) is 0 Å². The molecule has 0 spiro atoms. The molecule has 0 fully saturated rings. The fourth-order valence-electron chi connectivity index (χ4n) is 5.53. The van der Waals surface area contributed by atoms with Crippen LogP contribution in [0.1, 0.15) is 55.4 Å². The fraction of sp³-hybridized carbons (Fsp3) is 0.387. The molecule has 0 bridgehead atoms. The van der Waals surface area contributed by atoms with E-state index in [0.29, 0.717) is 0 Å². The highest BCUT2D eigenvalue weighted by Gasteiger charge is 2.47. The molecule has 0 amide bonds. The van der Waals surface area contributed by atoms with Gasteiger partial charge in [-0.2, -0.15) is 0 Å². The first kappa shape index (κ1) is 30.4. The fourth-order valence-corrected chi connectivity index (χ4v) is 14.7. The summed E-state index contributed by atoms with van der Waals surface area (Å²) in [5.41, 5.74) is 3.56. The summed E-state index contributed by atoms with van der Waals surface area (Å²) >= 11 is 6.60. The van der Waals surface area contributed by atoms with Crippen molar-refractivity contribution in [3.05, 3.63) is 91.0 Å². The van der Waals surface area contributed by atoms with Crippen LogP contribution in [0.2, 0.25) is 0 Å². The molecule has 0 aromatic heterocycles. The maximum absolute atomic E-state index is 6.60. The number of hydrogen-bond donors (Lipinski definition) is 0. The van der Waals surface area contributed by atoms with E-state index < -0.39 is 14.6 Å². The number of benzene rings is 3. The zero-order valence-electron chi connectivity index (χ0n) is 24.1. The first-order valence-corrected chi connectivity index (χ1v) is 18.2. The van der Waals surface area contributed by atoms with Gasteiger partial charge < -0.3 is 12.2 Å². The quantitative estimate of drug-likeness (QED) is 0.0599. The summed E-state index contributed by atoms with van der Waals surface area (Å²) in [4.78, 5) is 4.92. The van der Waals surface area contributed by atoms with Gasteiger partial charge in [0.2, 0.25) is 0 Å².